The van der Waals surface area contributed by atoms with Crippen LogP contribution in [0.25, 0.3) is 0 Å². The van der Waals surface area contributed by atoms with Crippen LogP contribution in [0.2, 0.25) is 0 Å². The molecule has 0 saturated heterocycles. The van der Waals surface area contributed by atoms with E-state index in [4.69, 9.17) is 0 Å². The van der Waals surface area contributed by atoms with Gasteiger partial charge in [0.1, 0.15) is 5.00 Å². The van der Waals surface area contributed by atoms with E-state index in [2.05, 4.69) is 15.0 Å². The molecule has 0 fully saturated rings. The first kappa shape index (κ1) is 17.3. The molecule has 0 saturated carbocycles. The number of nitrogens with one attached hydrogen (secondary N) is 2. The predicted octanol–water partition coefficient (Wildman–Crippen LogP) is 2.62. The van der Waals surface area contributed by atoms with Gasteiger partial charge in [-0.3, -0.25) is 4.79 Å². The average molecular weight is 341 g/mol. The molecule has 2 rings (SSSR count). The van der Waals surface area contributed by atoms with Crippen molar-refractivity contribution in [2.45, 2.75) is 26.0 Å². The molecule has 1 heterocycles. The fourth-order valence-corrected chi connectivity index (χ4v) is 2.89. The molecule has 0 bridgehead atoms. The Bertz CT molecular complexity index is 721. The van der Waals surface area contributed by atoms with E-state index >= 15 is 0 Å². The summed E-state index contributed by atoms with van der Waals surface area (Å²) in [4.78, 5) is 12.3. The molecule has 0 aliphatic rings. The number of aliphatic hydroxyl groups is 1. The molecule has 1 aromatic heterocycles. The zero-order valence-electron chi connectivity index (χ0n) is 12.9. The maximum atomic E-state index is 13.3. The summed E-state index contributed by atoms with van der Waals surface area (Å²) in [6.07, 6.45) is -1.17. The van der Waals surface area contributed by atoms with E-state index in [-0.39, 0.29) is 5.56 Å². The van der Waals surface area contributed by atoms with E-state index < -0.39 is 29.7 Å². The van der Waals surface area contributed by atoms with Crippen LogP contribution in [0.5, 0.6) is 0 Å². The van der Waals surface area contributed by atoms with Crippen LogP contribution < -0.4 is 10.6 Å². The molecule has 23 heavy (non-hydrogen) atoms. The van der Waals surface area contributed by atoms with Crippen molar-refractivity contribution in [3.63, 3.8) is 0 Å². The quantitative estimate of drug-likeness (QED) is 0.782. The van der Waals surface area contributed by atoms with Crippen LogP contribution in [0.3, 0.4) is 0 Å². The largest absolute Gasteiger partial charge is 0.386 e. The van der Waals surface area contributed by atoms with Crippen LogP contribution in [-0.4, -0.2) is 28.5 Å². The second-order valence-electron chi connectivity index (χ2n) is 5.10. The Morgan fingerprint density at radius 2 is 2.04 bits per heavy atom. The van der Waals surface area contributed by atoms with Gasteiger partial charge < -0.3 is 15.7 Å². The third-order valence-electron chi connectivity index (χ3n) is 3.43. The van der Waals surface area contributed by atoms with E-state index in [0.717, 1.165) is 23.7 Å². The highest BCUT2D eigenvalue weighted by Gasteiger charge is 2.23. The van der Waals surface area contributed by atoms with Crippen LogP contribution in [0.1, 0.15) is 34.6 Å². The SMILES string of the molecule is CNc1snc(C)c1C(=O)NC(C)C(O)c1ccc(F)c(F)c1. The zero-order chi connectivity index (χ0) is 17.1. The number of halogens is 2. The fourth-order valence-electron chi connectivity index (χ4n) is 2.15. The first-order chi connectivity index (χ1) is 10.8. The predicted molar refractivity (Wildman–Crippen MR) is 84.6 cm³/mol. The van der Waals surface area contributed by atoms with Crippen molar-refractivity contribution in [3.8, 4) is 0 Å². The van der Waals surface area contributed by atoms with Gasteiger partial charge in [-0.1, -0.05) is 6.07 Å². The summed E-state index contributed by atoms with van der Waals surface area (Å²) in [5.41, 5.74) is 1.17. The summed E-state index contributed by atoms with van der Waals surface area (Å²) < 4.78 is 30.3. The highest BCUT2D eigenvalue weighted by Crippen LogP contribution is 2.25. The van der Waals surface area contributed by atoms with Gasteiger partial charge in [0.25, 0.3) is 5.91 Å². The van der Waals surface area contributed by atoms with Crippen LogP contribution in [0, 0.1) is 18.6 Å². The lowest BCUT2D eigenvalue weighted by Crippen LogP contribution is -2.37. The van der Waals surface area contributed by atoms with E-state index in [0.29, 0.717) is 16.3 Å². The van der Waals surface area contributed by atoms with E-state index in [1.54, 1.807) is 20.9 Å². The molecule has 3 N–H and O–H groups in total. The number of nitrogens with zero attached hydrogens (tertiary/aromatic N) is 1. The zero-order valence-corrected chi connectivity index (χ0v) is 13.7. The average Bonchev–Trinajstić information content (AvgIpc) is 2.90. The monoisotopic (exact) mass is 341 g/mol. The van der Waals surface area contributed by atoms with Gasteiger partial charge >= 0.3 is 0 Å². The van der Waals surface area contributed by atoms with Crippen molar-refractivity contribution >= 4 is 22.4 Å². The number of hydrogen-bond donors (Lipinski definition) is 3. The lowest BCUT2D eigenvalue weighted by atomic mass is 10.0. The molecule has 0 aliphatic heterocycles. The van der Waals surface area contributed by atoms with Gasteiger partial charge in [-0.2, -0.15) is 4.37 Å². The second-order valence-corrected chi connectivity index (χ2v) is 5.88. The maximum Gasteiger partial charge on any atom is 0.256 e. The van der Waals surface area contributed by atoms with Crippen LogP contribution in [-0.2, 0) is 0 Å². The summed E-state index contributed by atoms with van der Waals surface area (Å²) in [5, 5.41) is 16.4. The highest BCUT2D eigenvalue weighted by molar-refractivity contribution is 7.10. The standard InChI is InChI=1S/C15H17F2N3O2S/c1-7-12(15(18-3)23-20-7)14(22)19-8(2)13(21)9-4-5-10(16)11(17)6-9/h4-6,8,13,18,21H,1-3H3,(H,19,22). The van der Waals surface area contributed by atoms with Crippen molar-refractivity contribution in [2.75, 3.05) is 12.4 Å². The Labute approximate surface area is 136 Å². The molecular weight excluding hydrogens is 324 g/mol. The summed E-state index contributed by atoms with van der Waals surface area (Å²) >= 11 is 1.16. The number of anilines is 1. The first-order valence-corrected chi connectivity index (χ1v) is 7.70. The molecule has 2 aromatic rings. The van der Waals surface area contributed by atoms with Gasteiger partial charge in [-0.05, 0) is 43.1 Å². The van der Waals surface area contributed by atoms with Crippen LogP contribution in [0.4, 0.5) is 13.8 Å². The molecule has 2 unspecified atom stereocenters. The van der Waals surface area contributed by atoms with Gasteiger partial charge in [-0.15, -0.1) is 0 Å². The van der Waals surface area contributed by atoms with Crippen molar-refractivity contribution in [2.24, 2.45) is 0 Å². The Morgan fingerprint density at radius 3 is 2.65 bits per heavy atom. The Hall–Kier alpha value is -2.06. The minimum absolute atomic E-state index is 0.186. The molecule has 8 heteroatoms. The molecule has 0 aliphatic carbocycles. The van der Waals surface area contributed by atoms with Crippen LogP contribution >= 0.6 is 11.5 Å². The van der Waals surface area contributed by atoms with Gasteiger partial charge in [0.15, 0.2) is 11.6 Å². The number of hydrogen-bond acceptors (Lipinski definition) is 5. The van der Waals surface area contributed by atoms with E-state index in [1.807, 2.05) is 0 Å². The molecule has 124 valence electrons. The van der Waals surface area contributed by atoms with E-state index in [1.165, 1.54) is 6.07 Å². The topological polar surface area (TPSA) is 74.2 Å². The Morgan fingerprint density at radius 1 is 1.35 bits per heavy atom. The van der Waals surface area contributed by atoms with Gasteiger partial charge in [-0.25, -0.2) is 8.78 Å². The molecule has 1 amide bonds. The van der Waals surface area contributed by atoms with Gasteiger partial charge in [0.2, 0.25) is 0 Å². The number of aliphatic hydroxyl groups excluding tert-OH is 1. The summed E-state index contributed by atoms with van der Waals surface area (Å²) in [6.45, 7) is 3.29. The normalized spacial score (nSPS) is 13.5. The summed E-state index contributed by atoms with van der Waals surface area (Å²) in [7, 11) is 1.68. The van der Waals surface area contributed by atoms with Crippen molar-refractivity contribution < 1.29 is 18.7 Å². The smallest absolute Gasteiger partial charge is 0.256 e. The molecular formula is C15H17F2N3O2S. The number of amides is 1. The summed E-state index contributed by atoms with van der Waals surface area (Å²) in [6, 6.07) is 2.44. The minimum Gasteiger partial charge on any atom is -0.386 e. The third-order valence-corrected chi connectivity index (χ3v) is 4.39. The van der Waals surface area contributed by atoms with Crippen molar-refractivity contribution in [1.82, 2.24) is 9.69 Å². The van der Waals surface area contributed by atoms with E-state index in [9.17, 15) is 18.7 Å². The molecule has 2 atom stereocenters. The third kappa shape index (κ3) is 3.65. The summed E-state index contributed by atoms with van der Waals surface area (Å²) in [5.74, 6) is -2.43. The minimum atomic E-state index is -1.17. The lowest BCUT2D eigenvalue weighted by Gasteiger charge is -2.21. The molecule has 0 spiro atoms. The number of rotatable bonds is 5. The highest BCUT2D eigenvalue weighted by atomic mass is 32.1. The Kier molecular flexibility index (Phi) is 5.27. The van der Waals surface area contributed by atoms with Gasteiger partial charge in [0, 0.05) is 7.05 Å². The maximum absolute atomic E-state index is 13.3. The lowest BCUT2D eigenvalue weighted by molar-refractivity contribution is 0.0852. The van der Waals surface area contributed by atoms with Crippen LogP contribution in [0.15, 0.2) is 18.2 Å². The van der Waals surface area contributed by atoms with Crippen molar-refractivity contribution in [1.29, 1.82) is 0 Å². The molecule has 0 radical (unpaired) electrons. The number of aromatic nitrogens is 1. The first-order valence-electron chi connectivity index (χ1n) is 6.93. The second kappa shape index (κ2) is 7.01. The number of benzene rings is 1. The fraction of sp³-hybridized carbons (Fsp3) is 0.333. The Balaban J connectivity index is 2.14. The number of carbonyl (C=O) groups excluding carboxylic acids is 1. The van der Waals surface area contributed by atoms with Crippen molar-refractivity contribution in [3.05, 3.63) is 46.7 Å². The number of aryl methyl sites for hydroxylation is 1. The number of carbonyl (C=O) groups is 1. The van der Waals surface area contributed by atoms with Gasteiger partial charge in [0.05, 0.1) is 23.4 Å². The molecule has 5 nitrogen and oxygen atoms in total. The molecule has 1 aromatic carbocycles.